The number of rotatable bonds is 4. The number of hydrogen-bond acceptors (Lipinski definition) is 3. The van der Waals surface area contributed by atoms with Gasteiger partial charge in [-0.05, 0) is 6.42 Å². The Labute approximate surface area is 81.8 Å². The van der Waals surface area contributed by atoms with Crippen molar-refractivity contribution in [1.29, 1.82) is 0 Å². The molecule has 12 heavy (non-hydrogen) atoms. The molecule has 1 aromatic heterocycles. The minimum atomic E-state index is 0.592. The summed E-state index contributed by atoms with van der Waals surface area (Å²) in [6, 6.07) is 0. The zero-order valence-corrected chi connectivity index (χ0v) is 8.53. The van der Waals surface area contributed by atoms with E-state index in [0.29, 0.717) is 5.02 Å². The zero-order valence-electron chi connectivity index (χ0n) is 6.96. The third-order valence-corrected chi connectivity index (χ3v) is 2.48. The summed E-state index contributed by atoms with van der Waals surface area (Å²) in [6.45, 7) is 2.17. The lowest BCUT2D eigenvalue weighted by Gasteiger charge is -1.97. The first-order chi connectivity index (χ1) is 5.83. The Kier molecular flexibility index (Phi) is 4.40. The fourth-order valence-electron chi connectivity index (χ4n) is 0.683. The molecular formula is C8H11ClN2S. The van der Waals surface area contributed by atoms with Crippen molar-refractivity contribution >= 4 is 23.4 Å². The molecule has 0 aliphatic rings. The molecule has 0 unspecified atom stereocenters. The molecule has 66 valence electrons. The van der Waals surface area contributed by atoms with Crippen molar-refractivity contribution in [3.05, 3.63) is 17.4 Å². The minimum absolute atomic E-state index is 0.592. The molecular weight excluding hydrogens is 192 g/mol. The van der Waals surface area contributed by atoms with Crippen molar-refractivity contribution in [3.8, 4) is 0 Å². The molecule has 1 rings (SSSR count). The van der Waals surface area contributed by atoms with Gasteiger partial charge in [-0.25, -0.2) is 9.97 Å². The van der Waals surface area contributed by atoms with Crippen LogP contribution in [0.25, 0.3) is 0 Å². The highest BCUT2D eigenvalue weighted by Gasteiger charge is 1.95. The number of aromatic nitrogens is 2. The third kappa shape index (κ3) is 3.41. The molecule has 0 aliphatic carbocycles. The van der Waals surface area contributed by atoms with Crippen LogP contribution in [-0.2, 0) is 0 Å². The van der Waals surface area contributed by atoms with E-state index in [2.05, 4.69) is 16.9 Å². The molecule has 0 aliphatic heterocycles. The maximum Gasteiger partial charge on any atom is 0.187 e. The lowest BCUT2D eigenvalue weighted by Crippen LogP contribution is -1.86. The van der Waals surface area contributed by atoms with Crippen LogP contribution < -0.4 is 0 Å². The fraction of sp³-hybridized carbons (Fsp3) is 0.500. The predicted octanol–water partition coefficient (Wildman–Crippen LogP) is 3.02. The van der Waals surface area contributed by atoms with E-state index in [1.54, 1.807) is 24.2 Å². The van der Waals surface area contributed by atoms with Crippen LogP contribution >= 0.6 is 23.4 Å². The Morgan fingerprint density at radius 1 is 1.42 bits per heavy atom. The molecule has 0 bridgehead atoms. The molecule has 0 N–H and O–H groups in total. The SMILES string of the molecule is CCCCSc1ncc(Cl)cn1. The van der Waals surface area contributed by atoms with Crippen molar-refractivity contribution in [2.24, 2.45) is 0 Å². The fourth-order valence-corrected chi connectivity index (χ4v) is 1.65. The monoisotopic (exact) mass is 202 g/mol. The molecule has 0 amide bonds. The summed E-state index contributed by atoms with van der Waals surface area (Å²) < 4.78 is 0. The van der Waals surface area contributed by atoms with E-state index < -0.39 is 0 Å². The van der Waals surface area contributed by atoms with Crippen LogP contribution in [0.1, 0.15) is 19.8 Å². The molecule has 0 atom stereocenters. The van der Waals surface area contributed by atoms with Gasteiger partial charge in [0, 0.05) is 5.75 Å². The highest BCUT2D eigenvalue weighted by Crippen LogP contribution is 2.15. The summed E-state index contributed by atoms with van der Waals surface area (Å²) in [5.74, 6) is 1.08. The molecule has 0 saturated carbocycles. The Bertz CT molecular complexity index is 225. The van der Waals surface area contributed by atoms with Gasteiger partial charge in [0.1, 0.15) is 0 Å². The Morgan fingerprint density at radius 3 is 2.67 bits per heavy atom. The van der Waals surface area contributed by atoms with Gasteiger partial charge in [0.05, 0.1) is 17.4 Å². The second-order valence-corrected chi connectivity index (χ2v) is 3.88. The van der Waals surface area contributed by atoms with E-state index in [1.807, 2.05) is 0 Å². The molecule has 2 nitrogen and oxygen atoms in total. The maximum atomic E-state index is 5.64. The third-order valence-electron chi connectivity index (χ3n) is 1.33. The van der Waals surface area contributed by atoms with Gasteiger partial charge in [-0.2, -0.15) is 0 Å². The number of unbranched alkanes of at least 4 members (excludes halogenated alkanes) is 1. The van der Waals surface area contributed by atoms with Crippen LogP contribution in [0.3, 0.4) is 0 Å². The first-order valence-corrected chi connectivity index (χ1v) is 5.29. The highest BCUT2D eigenvalue weighted by atomic mass is 35.5. The molecule has 1 heterocycles. The summed E-state index contributed by atoms with van der Waals surface area (Å²) in [5, 5.41) is 1.41. The number of thioether (sulfide) groups is 1. The maximum absolute atomic E-state index is 5.64. The first-order valence-electron chi connectivity index (χ1n) is 3.93. The van der Waals surface area contributed by atoms with Gasteiger partial charge in [-0.3, -0.25) is 0 Å². The summed E-state index contributed by atoms with van der Waals surface area (Å²) >= 11 is 7.31. The Morgan fingerprint density at radius 2 is 2.08 bits per heavy atom. The Hall–Kier alpha value is -0.280. The lowest BCUT2D eigenvalue weighted by molar-refractivity contribution is 0.888. The largest absolute Gasteiger partial charge is 0.230 e. The number of hydrogen-bond donors (Lipinski definition) is 0. The van der Waals surface area contributed by atoms with Crippen LogP contribution in [-0.4, -0.2) is 15.7 Å². The van der Waals surface area contributed by atoms with Crippen molar-refractivity contribution in [2.75, 3.05) is 5.75 Å². The van der Waals surface area contributed by atoms with E-state index in [1.165, 1.54) is 12.8 Å². The molecule has 0 radical (unpaired) electrons. The Balaban J connectivity index is 2.37. The van der Waals surface area contributed by atoms with Crippen LogP contribution in [0.4, 0.5) is 0 Å². The van der Waals surface area contributed by atoms with E-state index in [0.717, 1.165) is 10.9 Å². The van der Waals surface area contributed by atoms with Crippen molar-refractivity contribution in [3.63, 3.8) is 0 Å². The van der Waals surface area contributed by atoms with Crippen LogP contribution in [0, 0.1) is 0 Å². The standard InChI is InChI=1S/C8H11ClN2S/c1-2-3-4-12-8-10-5-7(9)6-11-8/h5-6H,2-4H2,1H3. The quantitative estimate of drug-likeness (QED) is 0.427. The summed E-state index contributed by atoms with van der Waals surface area (Å²) in [5.41, 5.74) is 0. The van der Waals surface area contributed by atoms with Gasteiger partial charge in [-0.1, -0.05) is 36.7 Å². The van der Waals surface area contributed by atoms with Crippen LogP contribution in [0.15, 0.2) is 17.6 Å². The smallest absolute Gasteiger partial charge is 0.187 e. The van der Waals surface area contributed by atoms with Gasteiger partial charge in [0.15, 0.2) is 5.16 Å². The van der Waals surface area contributed by atoms with Gasteiger partial charge in [0.25, 0.3) is 0 Å². The van der Waals surface area contributed by atoms with E-state index in [4.69, 9.17) is 11.6 Å². The van der Waals surface area contributed by atoms with Gasteiger partial charge in [-0.15, -0.1) is 0 Å². The average molecular weight is 203 g/mol. The predicted molar refractivity (Wildman–Crippen MR) is 52.7 cm³/mol. The zero-order chi connectivity index (χ0) is 8.81. The van der Waals surface area contributed by atoms with Crippen molar-refractivity contribution in [2.45, 2.75) is 24.9 Å². The van der Waals surface area contributed by atoms with Crippen LogP contribution in [0.2, 0.25) is 5.02 Å². The molecule has 0 fully saturated rings. The molecule has 1 aromatic rings. The van der Waals surface area contributed by atoms with Gasteiger partial charge >= 0.3 is 0 Å². The summed E-state index contributed by atoms with van der Waals surface area (Å²) in [6.07, 6.45) is 5.67. The molecule has 0 saturated heterocycles. The summed E-state index contributed by atoms with van der Waals surface area (Å²) in [7, 11) is 0. The lowest BCUT2D eigenvalue weighted by atomic mass is 10.4. The normalized spacial score (nSPS) is 10.2. The van der Waals surface area contributed by atoms with E-state index in [9.17, 15) is 0 Å². The first kappa shape index (κ1) is 9.81. The second kappa shape index (κ2) is 5.38. The molecule has 0 spiro atoms. The van der Waals surface area contributed by atoms with Gasteiger partial charge in [0.2, 0.25) is 0 Å². The average Bonchev–Trinajstić information content (AvgIpc) is 2.09. The van der Waals surface area contributed by atoms with Crippen molar-refractivity contribution < 1.29 is 0 Å². The second-order valence-electron chi connectivity index (χ2n) is 2.39. The molecule has 4 heteroatoms. The van der Waals surface area contributed by atoms with E-state index in [-0.39, 0.29) is 0 Å². The molecule has 0 aromatic carbocycles. The number of nitrogens with zero attached hydrogens (tertiary/aromatic N) is 2. The number of halogens is 1. The summed E-state index contributed by atoms with van der Waals surface area (Å²) in [4.78, 5) is 8.14. The van der Waals surface area contributed by atoms with Crippen molar-refractivity contribution in [1.82, 2.24) is 9.97 Å². The van der Waals surface area contributed by atoms with Gasteiger partial charge < -0.3 is 0 Å². The highest BCUT2D eigenvalue weighted by molar-refractivity contribution is 7.99. The topological polar surface area (TPSA) is 25.8 Å². The van der Waals surface area contributed by atoms with E-state index >= 15 is 0 Å². The minimum Gasteiger partial charge on any atom is -0.230 e. The van der Waals surface area contributed by atoms with Crippen LogP contribution in [0.5, 0.6) is 0 Å².